The van der Waals surface area contributed by atoms with E-state index in [0.29, 0.717) is 5.56 Å². The Kier molecular flexibility index (Phi) is 3.69. The maximum absolute atomic E-state index is 11.4. The van der Waals surface area contributed by atoms with E-state index in [1.807, 2.05) is 0 Å². The van der Waals surface area contributed by atoms with Gasteiger partial charge in [0.05, 0.1) is 0 Å². The standard InChI is InChI=1S/C9H9ClO5S/c1-5-2-3-6(4-7(5)10)8(11)9(12)16(13,14)15/h2-4,9,12H,1H3,(H,13,14,15). The summed E-state index contributed by atoms with van der Waals surface area (Å²) < 4.78 is 29.6. The molecule has 0 amide bonds. The molecule has 7 heteroatoms. The lowest BCUT2D eigenvalue weighted by Gasteiger charge is -2.07. The lowest BCUT2D eigenvalue weighted by atomic mass is 10.1. The van der Waals surface area contributed by atoms with Crippen molar-refractivity contribution in [2.45, 2.75) is 12.4 Å². The van der Waals surface area contributed by atoms with E-state index in [4.69, 9.17) is 21.3 Å². The Hall–Kier alpha value is -0.950. The molecule has 88 valence electrons. The van der Waals surface area contributed by atoms with Gasteiger partial charge in [0.2, 0.25) is 11.2 Å². The van der Waals surface area contributed by atoms with Crippen LogP contribution >= 0.6 is 11.6 Å². The summed E-state index contributed by atoms with van der Waals surface area (Å²) in [4.78, 5) is 11.4. The summed E-state index contributed by atoms with van der Waals surface area (Å²) in [6.45, 7) is 1.70. The summed E-state index contributed by atoms with van der Waals surface area (Å²) >= 11 is 5.73. The highest BCUT2D eigenvalue weighted by molar-refractivity contribution is 7.87. The van der Waals surface area contributed by atoms with Gasteiger partial charge >= 0.3 is 0 Å². The van der Waals surface area contributed by atoms with Crippen molar-refractivity contribution >= 4 is 27.5 Å². The van der Waals surface area contributed by atoms with Crippen molar-refractivity contribution in [3.63, 3.8) is 0 Å². The van der Waals surface area contributed by atoms with Gasteiger partial charge < -0.3 is 5.11 Å². The monoisotopic (exact) mass is 264 g/mol. The lowest BCUT2D eigenvalue weighted by molar-refractivity contribution is 0.0848. The van der Waals surface area contributed by atoms with E-state index in [-0.39, 0.29) is 10.6 Å². The third kappa shape index (κ3) is 2.79. The molecule has 0 aliphatic heterocycles. The Morgan fingerprint density at radius 2 is 2.00 bits per heavy atom. The number of Topliss-reactive ketones (excluding diaryl/α,β-unsaturated/α-hetero) is 1. The van der Waals surface area contributed by atoms with Crippen LogP contribution in [-0.4, -0.2) is 29.3 Å². The molecule has 0 bridgehead atoms. The number of halogens is 1. The van der Waals surface area contributed by atoms with Gasteiger partial charge in [0.15, 0.2) is 0 Å². The predicted molar refractivity (Wildman–Crippen MR) is 58.1 cm³/mol. The zero-order valence-electron chi connectivity index (χ0n) is 8.21. The molecule has 0 saturated heterocycles. The molecule has 1 rings (SSSR count). The van der Waals surface area contributed by atoms with Crippen LogP contribution in [0, 0.1) is 6.92 Å². The molecule has 0 fully saturated rings. The van der Waals surface area contributed by atoms with Crippen LogP contribution in [0.1, 0.15) is 15.9 Å². The highest BCUT2D eigenvalue weighted by atomic mass is 35.5. The van der Waals surface area contributed by atoms with Gasteiger partial charge in [-0.1, -0.05) is 23.7 Å². The minimum atomic E-state index is -4.81. The van der Waals surface area contributed by atoms with Crippen molar-refractivity contribution in [1.82, 2.24) is 0 Å². The van der Waals surface area contributed by atoms with E-state index in [1.165, 1.54) is 18.2 Å². The molecule has 0 aromatic heterocycles. The minimum Gasteiger partial charge on any atom is -0.369 e. The molecule has 1 unspecified atom stereocenters. The van der Waals surface area contributed by atoms with E-state index in [9.17, 15) is 13.2 Å². The van der Waals surface area contributed by atoms with Crippen LogP contribution in [0.2, 0.25) is 5.02 Å². The van der Waals surface area contributed by atoms with Crippen LogP contribution in [0.25, 0.3) is 0 Å². The van der Waals surface area contributed by atoms with Crippen molar-refractivity contribution in [3.8, 4) is 0 Å². The number of aliphatic hydroxyl groups excluding tert-OH is 1. The molecular weight excluding hydrogens is 256 g/mol. The normalized spacial score (nSPS) is 13.5. The summed E-state index contributed by atoms with van der Waals surface area (Å²) in [5.74, 6) is -1.12. The zero-order valence-corrected chi connectivity index (χ0v) is 9.79. The number of benzene rings is 1. The SMILES string of the molecule is Cc1ccc(C(=O)C(O)S(=O)(=O)O)cc1Cl. The molecule has 0 aliphatic rings. The number of rotatable bonds is 3. The molecular formula is C9H9ClO5S. The van der Waals surface area contributed by atoms with Crippen LogP contribution in [0.15, 0.2) is 18.2 Å². The number of hydrogen-bond donors (Lipinski definition) is 2. The first-order valence-electron chi connectivity index (χ1n) is 4.18. The van der Waals surface area contributed by atoms with Crippen LogP contribution in [0.5, 0.6) is 0 Å². The Bertz CT molecular complexity index is 523. The fraction of sp³-hybridized carbons (Fsp3) is 0.222. The van der Waals surface area contributed by atoms with Crippen molar-refractivity contribution in [2.24, 2.45) is 0 Å². The second-order valence-corrected chi connectivity index (χ2v) is 5.08. The summed E-state index contributed by atoms with van der Waals surface area (Å²) in [6, 6.07) is 4.05. The first kappa shape index (κ1) is 13.1. The van der Waals surface area contributed by atoms with Gasteiger partial charge in [-0.2, -0.15) is 8.42 Å². The van der Waals surface area contributed by atoms with E-state index in [0.717, 1.165) is 0 Å². The maximum atomic E-state index is 11.4. The Morgan fingerprint density at radius 3 is 2.44 bits per heavy atom. The van der Waals surface area contributed by atoms with Gasteiger partial charge in [-0.05, 0) is 18.6 Å². The fourth-order valence-corrected chi connectivity index (χ4v) is 1.61. The van der Waals surface area contributed by atoms with Crippen molar-refractivity contribution in [3.05, 3.63) is 34.3 Å². The third-order valence-electron chi connectivity index (χ3n) is 1.96. The van der Waals surface area contributed by atoms with E-state index in [2.05, 4.69) is 0 Å². The molecule has 1 atom stereocenters. The van der Waals surface area contributed by atoms with Gasteiger partial charge in [0.1, 0.15) is 0 Å². The first-order valence-corrected chi connectivity index (χ1v) is 6.06. The molecule has 0 aliphatic carbocycles. The van der Waals surface area contributed by atoms with Crippen molar-refractivity contribution < 1.29 is 22.9 Å². The van der Waals surface area contributed by atoms with Crippen LogP contribution in [0.3, 0.4) is 0 Å². The van der Waals surface area contributed by atoms with Crippen LogP contribution < -0.4 is 0 Å². The molecule has 2 N–H and O–H groups in total. The molecule has 0 saturated carbocycles. The highest BCUT2D eigenvalue weighted by Crippen LogP contribution is 2.18. The molecule has 0 radical (unpaired) electrons. The average Bonchev–Trinajstić information content (AvgIpc) is 2.18. The molecule has 5 nitrogen and oxygen atoms in total. The van der Waals surface area contributed by atoms with Gasteiger partial charge in [0, 0.05) is 10.6 Å². The van der Waals surface area contributed by atoms with E-state index in [1.54, 1.807) is 6.92 Å². The second-order valence-electron chi connectivity index (χ2n) is 3.20. The van der Waals surface area contributed by atoms with Gasteiger partial charge in [-0.25, -0.2) is 0 Å². The fourth-order valence-electron chi connectivity index (χ4n) is 1.02. The average molecular weight is 265 g/mol. The number of aryl methyl sites for hydroxylation is 1. The number of carbonyl (C=O) groups is 1. The zero-order chi connectivity index (χ0) is 12.5. The van der Waals surface area contributed by atoms with Crippen molar-refractivity contribution in [2.75, 3.05) is 0 Å². The van der Waals surface area contributed by atoms with Gasteiger partial charge in [-0.3, -0.25) is 9.35 Å². The molecule has 0 heterocycles. The third-order valence-corrected chi connectivity index (χ3v) is 3.15. The number of hydrogen-bond acceptors (Lipinski definition) is 4. The van der Waals surface area contributed by atoms with Gasteiger partial charge in [-0.15, -0.1) is 0 Å². The lowest BCUT2D eigenvalue weighted by Crippen LogP contribution is -2.29. The number of aliphatic hydroxyl groups is 1. The van der Waals surface area contributed by atoms with E-state index >= 15 is 0 Å². The molecule has 0 spiro atoms. The Balaban J connectivity index is 3.11. The van der Waals surface area contributed by atoms with Crippen LogP contribution in [-0.2, 0) is 10.1 Å². The minimum absolute atomic E-state index is 0.0827. The molecule has 16 heavy (non-hydrogen) atoms. The summed E-state index contributed by atoms with van der Waals surface area (Å²) in [7, 11) is -4.81. The summed E-state index contributed by atoms with van der Waals surface area (Å²) in [6.07, 6.45) is 0. The highest BCUT2D eigenvalue weighted by Gasteiger charge is 2.29. The number of ketones is 1. The van der Waals surface area contributed by atoms with Crippen LogP contribution in [0.4, 0.5) is 0 Å². The Morgan fingerprint density at radius 1 is 1.44 bits per heavy atom. The largest absolute Gasteiger partial charge is 0.369 e. The van der Waals surface area contributed by atoms with Crippen molar-refractivity contribution in [1.29, 1.82) is 0 Å². The first-order chi connectivity index (χ1) is 7.23. The van der Waals surface area contributed by atoms with E-state index < -0.39 is 21.3 Å². The maximum Gasteiger partial charge on any atom is 0.299 e. The van der Waals surface area contributed by atoms with Gasteiger partial charge in [0.25, 0.3) is 10.1 Å². The number of carbonyl (C=O) groups excluding carboxylic acids is 1. The molecule has 1 aromatic carbocycles. The quantitative estimate of drug-likeness (QED) is 0.629. The topological polar surface area (TPSA) is 91.7 Å². The second kappa shape index (κ2) is 4.50. The molecule has 1 aromatic rings. The summed E-state index contributed by atoms with van der Waals surface area (Å²) in [5, 5.41) is 9.31. The predicted octanol–water partition coefficient (Wildman–Crippen LogP) is 1.04. The Labute approximate surface area is 97.4 Å². The smallest absolute Gasteiger partial charge is 0.299 e. The summed E-state index contributed by atoms with van der Waals surface area (Å²) in [5.41, 5.74) is -1.86.